The van der Waals surface area contributed by atoms with E-state index in [0.29, 0.717) is 17.6 Å². The highest BCUT2D eigenvalue weighted by Crippen LogP contribution is 2.24. The van der Waals surface area contributed by atoms with Crippen molar-refractivity contribution in [3.05, 3.63) is 23.8 Å². The summed E-state index contributed by atoms with van der Waals surface area (Å²) in [6.07, 6.45) is 0. The summed E-state index contributed by atoms with van der Waals surface area (Å²) in [7, 11) is 3.28. The molecule has 19 heavy (non-hydrogen) atoms. The third-order valence-corrected chi connectivity index (χ3v) is 2.89. The molecule has 0 aliphatic heterocycles. The van der Waals surface area contributed by atoms with Crippen molar-refractivity contribution in [3.8, 4) is 11.5 Å². The molecule has 0 aromatic heterocycles. The van der Waals surface area contributed by atoms with Gasteiger partial charge >= 0.3 is 0 Å². The van der Waals surface area contributed by atoms with Crippen LogP contribution in [0.3, 0.4) is 0 Å². The van der Waals surface area contributed by atoms with Crippen molar-refractivity contribution in [2.75, 3.05) is 20.8 Å². The molecular weight excluding hydrogens is 260 g/mol. The molecule has 5 heteroatoms. The minimum absolute atomic E-state index is 0.565. The predicted molar refractivity (Wildman–Crippen MR) is 81.8 cm³/mol. The summed E-state index contributed by atoms with van der Waals surface area (Å²) in [5, 5.41) is 6.99. The monoisotopic (exact) mass is 282 g/mol. The topological polar surface area (TPSA) is 42.5 Å². The Labute approximate surface area is 120 Å². The third kappa shape index (κ3) is 5.34. The summed E-state index contributed by atoms with van der Waals surface area (Å²) >= 11 is 5.21. The molecule has 0 aliphatic carbocycles. The summed E-state index contributed by atoms with van der Waals surface area (Å²) in [4.78, 5) is 0. The van der Waals surface area contributed by atoms with Gasteiger partial charge in [0.1, 0.15) is 11.5 Å². The Bertz CT molecular complexity index is 422. The Morgan fingerprint density at radius 3 is 2.53 bits per heavy atom. The molecule has 1 aromatic rings. The fraction of sp³-hybridized carbons (Fsp3) is 0.500. The fourth-order valence-corrected chi connectivity index (χ4v) is 1.69. The summed E-state index contributed by atoms with van der Waals surface area (Å²) in [5.74, 6) is 2.13. The van der Waals surface area contributed by atoms with E-state index in [2.05, 4.69) is 24.5 Å². The lowest BCUT2D eigenvalue weighted by Crippen LogP contribution is -2.36. The summed E-state index contributed by atoms with van der Waals surface area (Å²) in [6.45, 7) is 5.77. The molecule has 1 rings (SSSR count). The van der Waals surface area contributed by atoms with Crippen LogP contribution in [0.1, 0.15) is 19.4 Å². The third-order valence-electron chi connectivity index (χ3n) is 2.60. The van der Waals surface area contributed by atoms with Crippen LogP contribution in [0.5, 0.6) is 11.5 Å². The predicted octanol–water partition coefficient (Wildman–Crippen LogP) is 2.32. The number of nitrogens with one attached hydrogen (secondary N) is 2. The molecule has 0 bridgehead atoms. The zero-order chi connectivity index (χ0) is 14.3. The second-order valence-corrected chi connectivity index (χ2v) is 5.04. The molecule has 0 spiro atoms. The van der Waals surface area contributed by atoms with E-state index in [1.807, 2.05) is 18.2 Å². The van der Waals surface area contributed by atoms with E-state index in [9.17, 15) is 0 Å². The molecule has 0 unspecified atom stereocenters. The Kier molecular flexibility index (Phi) is 6.42. The van der Waals surface area contributed by atoms with Crippen molar-refractivity contribution < 1.29 is 9.47 Å². The van der Waals surface area contributed by atoms with Crippen LogP contribution >= 0.6 is 12.2 Å². The normalized spacial score (nSPS) is 10.2. The second-order valence-electron chi connectivity index (χ2n) is 4.64. The smallest absolute Gasteiger partial charge is 0.166 e. The number of benzene rings is 1. The van der Waals surface area contributed by atoms with Gasteiger partial charge in [-0.15, -0.1) is 0 Å². The van der Waals surface area contributed by atoms with Crippen LogP contribution in [-0.2, 0) is 6.54 Å². The quantitative estimate of drug-likeness (QED) is 0.784. The van der Waals surface area contributed by atoms with Crippen molar-refractivity contribution >= 4 is 17.3 Å². The van der Waals surface area contributed by atoms with Gasteiger partial charge in [0.25, 0.3) is 0 Å². The van der Waals surface area contributed by atoms with E-state index in [1.165, 1.54) is 0 Å². The molecule has 106 valence electrons. The van der Waals surface area contributed by atoms with Crippen LogP contribution in [0.15, 0.2) is 18.2 Å². The van der Waals surface area contributed by atoms with Crippen molar-refractivity contribution in [2.45, 2.75) is 20.4 Å². The maximum atomic E-state index is 5.33. The van der Waals surface area contributed by atoms with Crippen LogP contribution in [-0.4, -0.2) is 25.9 Å². The van der Waals surface area contributed by atoms with Crippen molar-refractivity contribution in [1.82, 2.24) is 10.6 Å². The number of hydrogen-bond acceptors (Lipinski definition) is 3. The lowest BCUT2D eigenvalue weighted by Gasteiger charge is -2.14. The molecule has 0 heterocycles. The van der Waals surface area contributed by atoms with Gasteiger partial charge in [-0.05, 0) is 30.3 Å². The molecule has 0 saturated heterocycles. The Morgan fingerprint density at radius 1 is 1.21 bits per heavy atom. The Hall–Kier alpha value is -1.49. The maximum Gasteiger partial charge on any atom is 0.166 e. The number of rotatable bonds is 6. The van der Waals surface area contributed by atoms with Crippen molar-refractivity contribution in [1.29, 1.82) is 0 Å². The van der Waals surface area contributed by atoms with E-state index in [1.54, 1.807) is 14.2 Å². The van der Waals surface area contributed by atoms with Crippen molar-refractivity contribution in [3.63, 3.8) is 0 Å². The van der Waals surface area contributed by atoms with E-state index in [4.69, 9.17) is 21.7 Å². The summed E-state index contributed by atoms with van der Waals surface area (Å²) in [6, 6.07) is 5.74. The molecule has 4 nitrogen and oxygen atoms in total. The van der Waals surface area contributed by atoms with Crippen LogP contribution in [0, 0.1) is 5.92 Å². The minimum atomic E-state index is 0.565. The van der Waals surface area contributed by atoms with Gasteiger partial charge in [-0.2, -0.15) is 0 Å². The van der Waals surface area contributed by atoms with Gasteiger partial charge in [0, 0.05) is 24.7 Å². The zero-order valence-corrected chi connectivity index (χ0v) is 12.8. The molecule has 0 atom stereocenters. The lowest BCUT2D eigenvalue weighted by molar-refractivity contribution is 0.390. The molecule has 1 aromatic carbocycles. The SMILES string of the molecule is COc1ccc(CNC(=S)NCC(C)C)c(OC)c1. The Morgan fingerprint density at radius 2 is 1.95 bits per heavy atom. The highest BCUT2D eigenvalue weighted by Gasteiger charge is 2.05. The first-order valence-corrected chi connectivity index (χ1v) is 6.70. The number of thiocarbonyl (C=S) groups is 1. The molecular formula is C14H22N2O2S. The molecule has 0 amide bonds. The minimum Gasteiger partial charge on any atom is -0.497 e. The molecule has 2 N–H and O–H groups in total. The molecule has 0 saturated carbocycles. The van der Waals surface area contributed by atoms with Crippen LogP contribution in [0.2, 0.25) is 0 Å². The van der Waals surface area contributed by atoms with Crippen LogP contribution in [0.4, 0.5) is 0 Å². The van der Waals surface area contributed by atoms with Gasteiger partial charge in [0.2, 0.25) is 0 Å². The first-order chi connectivity index (χ1) is 9.06. The maximum absolute atomic E-state index is 5.33. The lowest BCUT2D eigenvalue weighted by atomic mass is 10.2. The van der Waals surface area contributed by atoms with Gasteiger partial charge in [0.15, 0.2) is 5.11 Å². The van der Waals surface area contributed by atoms with Crippen molar-refractivity contribution in [2.24, 2.45) is 5.92 Å². The van der Waals surface area contributed by atoms with Gasteiger partial charge < -0.3 is 20.1 Å². The van der Waals surface area contributed by atoms with E-state index >= 15 is 0 Å². The number of methoxy groups -OCH3 is 2. The van der Waals surface area contributed by atoms with E-state index in [0.717, 1.165) is 23.6 Å². The average molecular weight is 282 g/mol. The summed E-state index contributed by atoms with van der Waals surface area (Å²) < 4.78 is 10.5. The molecule has 0 aliphatic rings. The van der Waals surface area contributed by atoms with Gasteiger partial charge in [-0.1, -0.05) is 13.8 Å². The number of hydrogen-bond donors (Lipinski definition) is 2. The highest BCUT2D eigenvalue weighted by molar-refractivity contribution is 7.80. The van der Waals surface area contributed by atoms with E-state index < -0.39 is 0 Å². The first kappa shape index (κ1) is 15.6. The van der Waals surface area contributed by atoms with Gasteiger partial charge in [0.05, 0.1) is 14.2 Å². The number of ether oxygens (including phenoxy) is 2. The summed E-state index contributed by atoms with van der Waals surface area (Å²) in [5.41, 5.74) is 1.04. The molecule has 0 fully saturated rings. The standard InChI is InChI=1S/C14H22N2O2S/c1-10(2)8-15-14(19)16-9-11-5-6-12(17-3)7-13(11)18-4/h5-7,10H,8-9H2,1-4H3,(H2,15,16,19). The van der Waals surface area contributed by atoms with E-state index in [-0.39, 0.29) is 0 Å². The highest BCUT2D eigenvalue weighted by atomic mass is 32.1. The first-order valence-electron chi connectivity index (χ1n) is 6.29. The van der Waals surface area contributed by atoms with Crippen LogP contribution < -0.4 is 20.1 Å². The second kappa shape index (κ2) is 7.84. The molecule has 0 radical (unpaired) electrons. The fourth-order valence-electron chi connectivity index (χ4n) is 1.53. The van der Waals surface area contributed by atoms with Gasteiger partial charge in [-0.25, -0.2) is 0 Å². The van der Waals surface area contributed by atoms with Gasteiger partial charge in [-0.3, -0.25) is 0 Å². The average Bonchev–Trinajstić information content (AvgIpc) is 2.42. The van der Waals surface area contributed by atoms with Crippen LogP contribution in [0.25, 0.3) is 0 Å². The largest absolute Gasteiger partial charge is 0.497 e. The Balaban J connectivity index is 2.55. The zero-order valence-electron chi connectivity index (χ0n) is 11.9.